The van der Waals surface area contributed by atoms with Crippen LogP contribution in [0.4, 0.5) is 4.39 Å². The van der Waals surface area contributed by atoms with Gasteiger partial charge in [-0.25, -0.2) is 14.4 Å². The molecule has 0 N–H and O–H groups in total. The second-order valence-corrected chi connectivity index (χ2v) is 4.15. The summed E-state index contributed by atoms with van der Waals surface area (Å²) in [6.07, 6.45) is 1.54. The fourth-order valence-corrected chi connectivity index (χ4v) is 1.84. The highest BCUT2D eigenvalue weighted by Crippen LogP contribution is 2.28. The maximum atomic E-state index is 13.7. The van der Waals surface area contributed by atoms with Gasteiger partial charge < -0.3 is 9.47 Å². The van der Waals surface area contributed by atoms with Gasteiger partial charge in [-0.15, -0.1) is 0 Å². The lowest BCUT2D eigenvalue weighted by Gasteiger charge is -2.09. The Balaban J connectivity index is 2.31. The predicted octanol–water partition coefficient (Wildman–Crippen LogP) is 2.88. The molecular weight excluding hydrogens is 271 g/mol. The minimum Gasteiger partial charge on any atom is -0.493 e. The van der Waals surface area contributed by atoms with Crippen LogP contribution in [0.1, 0.15) is 11.3 Å². The van der Waals surface area contributed by atoms with Crippen LogP contribution < -0.4 is 9.47 Å². The number of halogens is 2. The van der Waals surface area contributed by atoms with Crippen LogP contribution in [0.25, 0.3) is 0 Å². The van der Waals surface area contributed by atoms with E-state index in [-0.39, 0.29) is 10.8 Å². The molecule has 0 saturated heterocycles. The van der Waals surface area contributed by atoms with Crippen molar-refractivity contribution >= 4 is 11.6 Å². The highest BCUT2D eigenvalue weighted by Gasteiger charge is 2.11. The zero-order valence-corrected chi connectivity index (χ0v) is 11.2. The van der Waals surface area contributed by atoms with Crippen molar-refractivity contribution in [3.8, 4) is 11.5 Å². The lowest BCUT2D eigenvalue weighted by molar-refractivity contribution is 0.354. The Morgan fingerprint density at radius 2 is 1.89 bits per heavy atom. The van der Waals surface area contributed by atoms with Gasteiger partial charge in [0.05, 0.1) is 19.9 Å². The Kier molecular flexibility index (Phi) is 4.16. The Bertz CT molecular complexity index is 593. The zero-order chi connectivity index (χ0) is 13.8. The van der Waals surface area contributed by atoms with Gasteiger partial charge >= 0.3 is 0 Å². The lowest BCUT2D eigenvalue weighted by atomic mass is 10.1. The summed E-state index contributed by atoms with van der Waals surface area (Å²) in [6.45, 7) is 0. The molecule has 2 rings (SSSR count). The van der Waals surface area contributed by atoms with Crippen molar-refractivity contribution in [2.45, 2.75) is 6.42 Å². The molecule has 1 aromatic heterocycles. The van der Waals surface area contributed by atoms with E-state index < -0.39 is 5.82 Å². The van der Waals surface area contributed by atoms with E-state index in [2.05, 4.69) is 9.97 Å². The van der Waals surface area contributed by atoms with Gasteiger partial charge in [0, 0.05) is 6.42 Å². The molecule has 4 nitrogen and oxygen atoms in total. The average molecular weight is 283 g/mol. The summed E-state index contributed by atoms with van der Waals surface area (Å²) >= 11 is 5.62. The van der Waals surface area contributed by atoms with Gasteiger partial charge in [-0.2, -0.15) is 0 Å². The standard InChI is InChI=1S/C13H12ClFN2O2/c1-18-10-4-3-8(6-11(10)19-2)5-9-12(15)13(14)17-7-16-9/h3-4,6-7H,5H2,1-2H3. The number of methoxy groups -OCH3 is 2. The summed E-state index contributed by atoms with van der Waals surface area (Å²) in [5.74, 6) is 0.604. The number of rotatable bonds is 4. The molecule has 0 saturated carbocycles. The number of nitrogens with zero attached hydrogens (tertiary/aromatic N) is 2. The van der Waals surface area contributed by atoms with Crippen LogP contribution in [0.5, 0.6) is 11.5 Å². The molecule has 100 valence electrons. The third-order valence-corrected chi connectivity index (χ3v) is 2.90. The van der Waals surface area contributed by atoms with Crippen molar-refractivity contribution in [3.63, 3.8) is 0 Å². The van der Waals surface area contributed by atoms with Gasteiger partial charge in [0.15, 0.2) is 22.5 Å². The number of hydrogen-bond donors (Lipinski definition) is 0. The van der Waals surface area contributed by atoms with Crippen LogP contribution in [0.3, 0.4) is 0 Å². The molecule has 6 heteroatoms. The van der Waals surface area contributed by atoms with Gasteiger partial charge in [0.25, 0.3) is 0 Å². The Labute approximate surface area is 115 Å². The summed E-state index contributed by atoms with van der Waals surface area (Å²) in [4.78, 5) is 7.47. The largest absolute Gasteiger partial charge is 0.493 e. The number of ether oxygens (including phenoxy) is 2. The second-order valence-electron chi connectivity index (χ2n) is 3.79. The molecule has 0 aliphatic rings. The van der Waals surface area contributed by atoms with Crippen LogP contribution in [0.15, 0.2) is 24.5 Å². The summed E-state index contributed by atoms with van der Waals surface area (Å²) in [5.41, 5.74) is 1.08. The highest BCUT2D eigenvalue weighted by atomic mass is 35.5. The van der Waals surface area contributed by atoms with E-state index in [1.807, 2.05) is 6.07 Å². The number of aromatic nitrogens is 2. The molecule has 0 fully saturated rings. The Hall–Kier alpha value is -1.88. The minimum absolute atomic E-state index is 0.175. The van der Waals surface area contributed by atoms with Crippen LogP contribution in [0, 0.1) is 5.82 Å². The van der Waals surface area contributed by atoms with Gasteiger partial charge in [0.2, 0.25) is 0 Å². The highest BCUT2D eigenvalue weighted by molar-refractivity contribution is 6.29. The van der Waals surface area contributed by atoms with Gasteiger partial charge in [-0.3, -0.25) is 0 Å². The van der Waals surface area contributed by atoms with Crippen LogP contribution >= 0.6 is 11.6 Å². The molecule has 0 aliphatic heterocycles. The maximum absolute atomic E-state index is 13.7. The monoisotopic (exact) mass is 282 g/mol. The van der Waals surface area contributed by atoms with Crippen LogP contribution in [-0.2, 0) is 6.42 Å². The molecule has 0 aliphatic carbocycles. The van der Waals surface area contributed by atoms with Crippen molar-refractivity contribution in [1.82, 2.24) is 9.97 Å². The van der Waals surface area contributed by atoms with Crippen LogP contribution in [0.2, 0.25) is 5.15 Å². The molecular formula is C13H12ClFN2O2. The van der Waals surface area contributed by atoms with E-state index in [4.69, 9.17) is 21.1 Å². The molecule has 1 aromatic carbocycles. The molecule has 0 spiro atoms. The molecule has 0 atom stereocenters. The molecule has 0 radical (unpaired) electrons. The molecule has 2 aromatic rings. The van der Waals surface area contributed by atoms with Crippen molar-refractivity contribution in [3.05, 3.63) is 46.8 Å². The summed E-state index contributed by atoms with van der Waals surface area (Å²) in [6, 6.07) is 5.35. The van der Waals surface area contributed by atoms with E-state index >= 15 is 0 Å². The van der Waals surface area contributed by atoms with Crippen molar-refractivity contribution in [2.24, 2.45) is 0 Å². The van der Waals surface area contributed by atoms with E-state index in [0.29, 0.717) is 17.9 Å². The SMILES string of the molecule is COc1ccc(Cc2ncnc(Cl)c2F)cc1OC. The minimum atomic E-state index is -0.598. The van der Waals surface area contributed by atoms with Gasteiger partial charge in [0.1, 0.15) is 6.33 Å². The first kappa shape index (κ1) is 13.5. The maximum Gasteiger partial charge on any atom is 0.182 e. The summed E-state index contributed by atoms with van der Waals surface area (Å²) < 4.78 is 24.0. The quantitative estimate of drug-likeness (QED) is 0.809. The Morgan fingerprint density at radius 1 is 1.16 bits per heavy atom. The molecule has 0 bridgehead atoms. The topological polar surface area (TPSA) is 44.2 Å². The number of hydrogen-bond acceptors (Lipinski definition) is 4. The summed E-state index contributed by atoms with van der Waals surface area (Å²) in [5, 5.41) is -0.175. The first-order valence-electron chi connectivity index (χ1n) is 5.51. The van der Waals surface area contributed by atoms with E-state index in [0.717, 1.165) is 5.56 Å². The fourth-order valence-electron chi connectivity index (χ4n) is 1.69. The van der Waals surface area contributed by atoms with E-state index in [1.165, 1.54) is 6.33 Å². The predicted molar refractivity (Wildman–Crippen MR) is 69.4 cm³/mol. The molecule has 0 unspecified atom stereocenters. The number of benzene rings is 1. The Morgan fingerprint density at radius 3 is 2.58 bits per heavy atom. The van der Waals surface area contributed by atoms with E-state index in [9.17, 15) is 4.39 Å². The first-order chi connectivity index (χ1) is 9.15. The fraction of sp³-hybridized carbons (Fsp3) is 0.231. The summed E-state index contributed by atoms with van der Waals surface area (Å²) in [7, 11) is 3.10. The lowest BCUT2D eigenvalue weighted by Crippen LogP contribution is -2.00. The van der Waals surface area contributed by atoms with Crippen molar-refractivity contribution < 1.29 is 13.9 Å². The second kappa shape index (κ2) is 5.84. The normalized spacial score (nSPS) is 10.3. The van der Waals surface area contributed by atoms with Crippen molar-refractivity contribution in [2.75, 3.05) is 14.2 Å². The third kappa shape index (κ3) is 2.93. The van der Waals surface area contributed by atoms with Gasteiger partial charge in [-0.05, 0) is 17.7 Å². The smallest absolute Gasteiger partial charge is 0.182 e. The van der Waals surface area contributed by atoms with Crippen molar-refractivity contribution in [1.29, 1.82) is 0 Å². The van der Waals surface area contributed by atoms with E-state index in [1.54, 1.807) is 26.4 Å². The molecule has 19 heavy (non-hydrogen) atoms. The van der Waals surface area contributed by atoms with Gasteiger partial charge in [-0.1, -0.05) is 17.7 Å². The van der Waals surface area contributed by atoms with Crippen LogP contribution in [-0.4, -0.2) is 24.2 Å². The average Bonchev–Trinajstić information content (AvgIpc) is 2.43. The third-order valence-electron chi connectivity index (χ3n) is 2.64. The molecule has 0 amide bonds. The zero-order valence-electron chi connectivity index (χ0n) is 10.5. The molecule has 1 heterocycles. The first-order valence-corrected chi connectivity index (χ1v) is 5.89.